The van der Waals surface area contributed by atoms with Crippen molar-refractivity contribution in [3.63, 3.8) is 0 Å². The quantitative estimate of drug-likeness (QED) is 0.789. The van der Waals surface area contributed by atoms with Crippen molar-refractivity contribution in [2.75, 3.05) is 6.54 Å². The first kappa shape index (κ1) is 14.5. The van der Waals surface area contributed by atoms with Crippen LogP contribution in [0.4, 0.5) is 4.39 Å². The van der Waals surface area contributed by atoms with Gasteiger partial charge in [0.2, 0.25) is 0 Å². The molecule has 6 nitrogen and oxygen atoms in total. The highest BCUT2D eigenvalue weighted by atomic mass is 32.2. The van der Waals surface area contributed by atoms with Crippen molar-refractivity contribution in [3.8, 4) is 0 Å². The number of aromatic amines is 1. The highest BCUT2D eigenvalue weighted by molar-refractivity contribution is 7.99. The molecule has 0 saturated carbocycles. The highest BCUT2D eigenvalue weighted by Crippen LogP contribution is 2.27. The van der Waals surface area contributed by atoms with Gasteiger partial charge in [0.05, 0.1) is 4.90 Å². The number of hydrogen-bond acceptors (Lipinski definition) is 5. The number of benzene rings is 1. The number of aryl methyl sites for hydroxylation is 1. The summed E-state index contributed by atoms with van der Waals surface area (Å²) in [5.74, 6) is -0.415. The van der Waals surface area contributed by atoms with Crippen molar-refractivity contribution < 1.29 is 4.39 Å². The Hall–Kier alpha value is -1.93. The molecule has 0 fully saturated rings. The maximum atomic E-state index is 13.9. The Balaban J connectivity index is 2.33. The van der Waals surface area contributed by atoms with E-state index in [0.717, 1.165) is 17.3 Å². The molecular formula is C12H13FN4O2S. The molecule has 0 saturated heterocycles. The SMILES string of the molecule is Cn1[nH]c(=O)c(=O)nc1Sc1ccc(CCN)cc1F. The van der Waals surface area contributed by atoms with Gasteiger partial charge < -0.3 is 5.73 Å². The molecule has 0 radical (unpaired) electrons. The largest absolute Gasteiger partial charge is 0.339 e. The van der Waals surface area contributed by atoms with E-state index in [2.05, 4.69) is 10.1 Å². The van der Waals surface area contributed by atoms with Crippen molar-refractivity contribution >= 4 is 11.8 Å². The highest BCUT2D eigenvalue weighted by Gasteiger charge is 2.10. The Labute approximate surface area is 117 Å². The first-order valence-electron chi connectivity index (χ1n) is 5.85. The lowest BCUT2D eigenvalue weighted by Crippen LogP contribution is -2.33. The van der Waals surface area contributed by atoms with Gasteiger partial charge in [-0.15, -0.1) is 0 Å². The number of rotatable bonds is 4. The summed E-state index contributed by atoms with van der Waals surface area (Å²) < 4.78 is 15.2. The molecule has 1 aromatic heterocycles. The third-order valence-electron chi connectivity index (χ3n) is 2.58. The third-order valence-corrected chi connectivity index (χ3v) is 3.68. The number of H-pyrrole nitrogens is 1. The average molecular weight is 296 g/mol. The number of nitrogens with one attached hydrogen (secondary N) is 1. The Kier molecular flexibility index (Phi) is 4.35. The van der Waals surface area contributed by atoms with Gasteiger partial charge in [-0.25, -0.2) is 4.39 Å². The van der Waals surface area contributed by atoms with Gasteiger partial charge in [0.15, 0.2) is 5.16 Å². The molecule has 1 heterocycles. The van der Waals surface area contributed by atoms with Crippen LogP contribution in [0.25, 0.3) is 0 Å². The summed E-state index contributed by atoms with van der Waals surface area (Å²) in [6, 6.07) is 4.77. The summed E-state index contributed by atoms with van der Waals surface area (Å²) >= 11 is 0.966. The number of hydrogen-bond donors (Lipinski definition) is 2. The van der Waals surface area contributed by atoms with Crippen LogP contribution in [0.15, 0.2) is 37.8 Å². The minimum absolute atomic E-state index is 0.208. The summed E-state index contributed by atoms with van der Waals surface area (Å²) in [6.07, 6.45) is 0.595. The zero-order valence-electron chi connectivity index (χ0n) is 10.7. The molecule has 0 aliphatic carbocycles. The topological polar surface area (TPSA) is 93.8 Å². The molecule has 0 unspecified atom stereocenters. The lowest BCUT2D eigenvalue weighted by molar-refractivity contribution is 0.586. The summed E-state index contributed by atoms with van der Waals surface area (Å²) in [6.45, 7) is 0.446. The molecule has 2 rings (SSSR count). The maximum Gasteiger partial charge on any atom is 0.339 e. The minimum Gasteiger partial charge on any atom is -0.330 e. The lowest BCUT2D eigenvalue weighted by Gasteiger charge is -2.07. The van der Waals surface area contributed by atoms with E-state index in [1.807, 2.05) is 0 Å². The van der Waals surface area contributed by atoms with Crippen molar-refractivity contribution in [2.24, 2.45) is 12.8 Å². The molecule has 8 heteroatoms. The normalized spacial score (nSPS) is 10.8. The van der Waals surface area contributed by atoms with Gasteiger partial charge >= 0.3 is 11.1 Å². The van der Waals surface area contributed by atoms with Gasteiger partial charge in [-0.3, -0.25) is 19.4 Å². The molecule has 0 aliphatic rings. The van der Waals surface area contributed by atoms with Gasteiger partial charge in [-0.2, -0.15) is 4.98 Å². The lowest BCUT2D eigenvalue weighted by atomic mass is 10.1. The van der Waals surface area contributed by atoms with Crippen LogP contribution in [0, 0.1) is 5.82 Å². The molecule has 20 heavy (non-hydrogen) atoms. The predicted molar refractivity (Wildman–Crippen MR) is 73.4 cm³/mol. The average Bonchev–Trinajstić information content (AvgIpc) is 2.39. The van der Waals surface area contributed by atoms with E-state index in [4.69, 9.17) is 5.73 Å². The zero-order chi connectivity index (χ0) is 14.7. The predicted octanol–water partition coefficient (Wildman–Crippen LogP) is 0.260. The number of aromatic nitrogens is 3. The Morgan fingerprint density at radius 1 is 1.45 bits per heavy atom. The molecule has 0 atom stereocenters. The second-order valence-corrected chi connectivity index (χ2v) is 5.11. The molecule has 0 spiro atoms. The van der Waals surface area contributed by atoms with E-state index in [9.17, 15) is 14.0 Å². The molecule has 2 aromatic rings. The standard InChI is InChI=1S/C12H13FN4O2S/c1-17-12(15-10(18)11(19)16-17)20-9-3-2-7(4-5-14)6-8(9)13/h2-3,6H,4-5,14H2,1H3,(H,16,19). The second-order valence-electron chi connectivity index (χ2n) is 4.10. The first-order chi connectivity index (χ1) is 9.51. The van der Waals surface area contributed by atoms with Crippen LogP contribution in [0.2, 0.25) is 0 Å². The van der Waals surface area contributed by atoms with Gasteiger partial charge in [0.1, 0.15) is 5.82 Å². The summed E-state index contributed by atoms with van der Waals surface area (Å²) in [4.78, 5) is 26.2. The van der Waals surface area contributed by atoms with Crippen LogP contribution in [-0.4, -0.2) is 21.3 Å². The van der Waals surface area contributed by atoms with Crippen molar-refractivity contribution in [1.29, 1.82) is 0 Å². The number of nitrogens with two attached hydrogens (primary N) is 1. The van der Waals surface area contributed by atoms with Gasteiger partial charge in [0, 0.05) is 7.05 Å². The van der Waals surface area contributed by atoms with Crippen LogP contribution in [-0.2, 0) is 13.5 Å². The van der Waals surface area contributed by atoms with Gasteiger partial charge in [-0.05, 0) is 42.4 Å². The minimum atomic E-state index is -0.897. The van der Waals surface area contributed by atoms with E-state index >= 15 is 0 Å². The fourth-order valence-electron chi connectivity index (χ4n) is 1.60. The van der Waals surface area contributed by atoms with Crippen LogP contribution >= 0.6 is 11.8 Å². The molecule has 3 N–H and O–H groups in total. The van der Waals surface area contributed by atoms with Crippen molar-refractivity contribution in [1.82, 2.24) is 14.8 Å². The summed E-state index contributed by atoms with van der Waals surface area (Å²) in [5.41, 5.74) is 4.51. The number of halogens is 1. The molecule has 106 valence electrons. The summed E-state index contributed by atoms with van der Waals surface area (Å²) in [7, 11) is 1.52. The Morgan fingerprint density at radius 2 is 2.20 bits per heavy atom. The zero-order valence-corrected chi connectivity index (χ0v) is 11.5. The molecule has 0 aliphatic heterocycles. The third kappa shape index (κ3) is 3.14. The van der Waals surface area contributed by atoms with Crippen molar-refractivity contribution in [2.45, 2.75) is 16.5 Å². The Morgan fingerprint density at radius 3 is 2.85 bits per heavy atom. The molecular weight excluding hydrogens is 283 g/mol. The maximum absolute atomic E-state index is 13.9. The first-order valence-corrected chi connectivity index (χ1v) is 6.66. The van der Waals surface area contributed by atoms with Crippen LogP contribution in [0.3, 0.4) is 0 Å². The van der Waals surface area contributed by atoms with Crippen molar-refractivity contribution in [3.05, 3.63) is 50.3 Å². The van der Waals surface area contributed by atoms with E-state index < -0.39 is 16.9 Å². The van der Waals surface area contributed by atoms with E-state index in [1.165, 1.54) is 17.8 Å². The van der Waals surface area contributed by atoms with Gasteiger partial charge in [0.25, 0.3) is 0 Å². The smallest absolute Gasteiger partial charge is 0.330 e. The molecule has 0 amide bonds. The molecule has 0 bridgehead atoms. The van der Waals surface area contributed by atoms with E-state index in [1.54, 1.807) is 12.1 Å². The fraction of sp³-hybridized carbons (Fsp3) is 0.250. The van der Waals surface area contributed by atoms with Crippen LogP contribution < -0.4 is 16.9 Å². The van der Waals surface area contributed by atoms with E-state index in [-0.39, 0.29) is 5.16 Å². The summed E-state index contributed by atoms with van der Waals surface area (Å²) in [5, 5.41) is 2.51. The van der Waals surface area contributed by atoms with Crippen LogP contribution in [0.1, 0.15) is 5.56 Å². The fourth-order valence-corrected chi connectivity index (χ4v) is 2.40. The Bertz CT molecular complexity index is 741. The van der Waals surface area contributed by atoms with Crippen LogP contribution in [0.5, 0.6) is 0 Å². The molecule has 1 aromatic carbocycles. The second kappa shape index (κ2) is 6.02. The number of nitrogens with zero attached hydrogens (tertiary/aromatic N) is 2. The van der Waals surface area contributed by atoms with E-state index in [0.29, 0.717) is 17.9 Å². The van der Waals surface area contributed by atoms with Gasteiger partial charge in [-0.1, -0.05) is 6.07 Å². The monoisotopic (exact) mass is 296 g/mol.